The molecule has 5 rings (SSSR count). The van der Waals surface area contributed by atoms with Gasteiger partial charge in [0.2, 0.25) is 0 Å². The third-order valence-corrected chi connectivity index (χ3v) is 9.61. The van der Waals surface area contributed by atoms with E-state index >= 15 is 0 Å². The quantitative estimate of drug-likeness (QED) is 0.248. The summed E-state index contributed by atoms with van der Waals surface area (Å²) >= 11 is -1.90. The Morgan fingerprint density at radius 1 is 1.11 bits per heavy atom. The van der Waals surface area contributed by atoms with Crippen LogP contribution >= 0.6 is 0 Å². The molecule has 3 atom stereocenters. The summed E-state index contributed by atoms with van der Waals surface area (Å²) in [6.07, 6.45) is 2.94. The molecule has 2 fully saturated rings. The van der Waals surface area contributed by atoms with Gasteiger partial charge in [-0.25, -0.2) is 0 Å². The second kappa shape index (κ2) is 13.3. The summed E-state index contributed by atoms with van der Waals surface area (Å²) in [4.78, 5) is 27.0. The van der Waals surface area contributed by atoms with Crippen LogP contribution in [0.5, 0.6) is 5.75 Å². The number of ether oxygens (including phenoxy) is 2. The topological polar surface area (TPSA) is 109 Å². The van der Waals surface area contributed by atoms with Crippen LogP contribution in [0, 0.1) is 11.8 Å². The van der Waals surface area contributed by atoms with Crippen LogP contribution in [0.25, 0.3) is 5.52 Å². The first-order valence-corrected chi connectivity index (χ1v) is 16.7. The molecule has 1 aromatic carbocycles. The van der Waals surface area contributed by atoms with Gasteiger partial charge in [-0.2, -0.15) is 0 Å². The summed E-state index contributed by atoms with van der Waals surface area (Å²) in [5.74, 6) is 6.46. The molecule has 2 amide bonds. The van der Waals surface area contributed by atoms with Crippen molar-refractivity contribution in [3.05, 3.63) is 47.7 Å². The Morgan fingerprint density at radius 3 is 2.57 bits per heavy atom. The summed E-state index contributed by atoms with van der Waals surface area (Å²) in [6, 6.07) is 9.84. The molecule has 46 heavy (non-hydrogen) atoms. The third-order valence-electron chi connectivity index (χ3n) is 7.85. The van der Waals surface area contributed by atoms with E-state index in [1.165, 1.54) is 18.7 Å². The van der Waals surface area contributed by atoms with Gasteiger partial charge in [0.1, 0.15) is 0 Å². The fraction of sp³-hybridized carbons (Fsp3) is 0.469. The third kappa shape index (κ3) is 7.48. The average molecular weight is 706 g/mol. The van der Waals surface area contributed by atoms with E-state index < -0.39 is 25.6 Å². The SMILES string of the molecule is CNC(=O)c1ccc(OC)c(NCC#Cc2nn3c(N[C@@H]4CC[C@@H]5CC[C@H]4N5C(=O)OC(C)(C)C)cccc3c2[Se]C(F)(F)F)c1. The Kier molecular flexibility index (Phi) is 9.65. The van der Waals surface area contributed by atoms with E-state index in [1.54, 1.807) is 36.4 Å². The van der Waals surface area contributed by atoms with Crippen molar-refractivity contribution in [2.45, 2.75) is 75.3 Å². The Labute approximate surface area is 271 Å². The van der Waals surface area contributed by atoms with E-state index in [9.17, 15) is 22.8 Å². The van der Waals surface area contributed by atoms with Gasteiger partial charge in [-0.05, 0) is 0 Å². The number of hydrogen-bond acceptors (Lipinski definition) is 7. The molecule has 4 heterocycles. The van der Waals surface area contributed by atoms with Crippen molar-refractivity contribution < 1.29 is 32.2 Å². The molecule has 246 valence electrons. The van der Waals surface area contributed by atoms with Gasteiger partial charge in [0.25, 0.3) is 0 Å². The molecule has 10 nitrogen and oxygen atoms in total. The zero-order valence-corrected chi connectivity index (χ0v) is 28.0. The first-order valence-electron chi connectivity index (χ1n) is 15.0. The second-order valence-electron chi connectivity index (χ2n) is 12.1. The number of carbonyl (C=O) groups excluding carboxylic acids is 2. The van der Waals surface area contributed by atoms with Gasteiger partial charge in [0.05, 0.1) is 0 Å². The van der Waals surface area contributed by atoms with Crippen molar-refractivity contribution in [3.8, 4) is 17.6 Å². The number of fused-ring (bicyclic) bond motifs is 3. The van der Waals surface area contributed by atoms with Gasteiger partial charge in [-0.3, -0.25) is 0 Å². The number of anilines is 2. The molecule has 2 aliphatic rings. The molecule has 2 saturated heterocycles. The first-order chi connectivity index (χ1) is 21.8. The fourth-order valence-electron chi connectivity index (χ4n) is 5.97. The Balaban J connectivity index is 1.41. The van der Waals surface area contributed by atoms with Gasteiger partial charge in [0, 0.05) is 0 Å². The van der Waals surface area contributed by atoms with Crippen LogP contribution in [0.2, 0.25) is 0 Å². The van der Waals surface area contributed by atoms with Crippen molar-refractivity contribution in [1.82, 2.24) is 19.8 Å². The predicted octanol–water partition coefficient (Wildman–Crippen LogP) is 4.36. The number of aromatic nitrogens is 2. The fourth-order valence-corrected chi connectivity index (χ4v) is 7.39. The molecule has 0 radical (unpaired) electrons. The molecule has 3 aromatic rings. The molecule has 2 aliphatic heterocycles. The van der Waals surface area contributed by atoms with Crippen LogP contribution in [0.1, 0.15) is 62.5 Å². The van der Waals surface area contributed by atoms with Crippen molar-refractivity contribution in [2.24, 2.45) is 0 Å². The zero-order valence-electron chi connectivity index (χ0n) is 26.2. The molecule has 0 spiro atoms. The van der Waals surface area contributed by atoms with Crippen molar-refractivity contribution in [3.63, 3.8) is 0 Å². The molecule has 0 saturated carbocycles. The molecule has 0 aliphatic carbocycles. The van der Waals surface area contributed by atoms with E-state index in [1.807, 2.05) is 25.7 Å². The maximum absolute atomic E-state index is 13.8. The number of rotatable bonds is 7. The minimum atomic E-state index is -4.42. The monoisotopic (exact) mass is 706 g/mol. The summed E-state index contributed by atoms with van der Waals surface area (Å²) in [7, 11) is 3.02. The minimum absolute atomic E-state index is 0.0373. The second-order valence-corrected chi connectivity index (χ2v) is 14.4. The molecule has 14 heteroatoms. The van der Waals surface area contributed by atoms with Crippen molar-refractivity contribution in [2.75, 3.05) is 31.3 Å². The number of hydrogen-bond donors (Lipinski definition) is 3. The predicted molar refractivity (Wildman–Crippen MR) is 170 cm³/mol. The number of carbonyl (C=O) groups is 2. The zero-order chi connectivity index (χ0) is 33.2. The summed E-state index contributed by atoms with van der Waals surface area (Å²) in [5, 5.41) is 9.25. The van der Waals surface area contributed by atoms with Crippen LogP contribution in [-0.4, -0.2) is 91.0 Å². The van der Waals surface area contributed by atoms with Gasteiger partial charge in [-0.1, -0.05) is 0 Å². The van der Waals surface area contributed by atoms with Gasteiger partial charge >= 0.3 is 272 Å². The standard InChI is InChI=1S/C32H37F3N6O4Se/c1-31(2,3)45-30(43)40-20-12-14-21(24(40)15-13-20)38-27-10-6-9-25-28(46-32(33,34)35)22(39-41(25)27)8-7-17-37-23-18-19(29(42)36-4)11-16-26(23)44-5/h6,9-11,16,18,20-21,24,37-38H,12-15,17H2,1-5H3,(H,36,42)/t20-,21-,24-/m1/s1. The van der Waals surface area contributed by atoms with Crippen molar-refractivity contribution >= 4 is 48.4 Å². The molecule has 2 bridgehead atoms. The van der Waals surface area contributed by atoms with E-state index in [0.717, 1.165) is 25.7 Å². The summed E-state index contributed by atoms with van der Waals surface area (Å²) in [5.41, 5.74) is 0.668. The van der Waals surface area contributed by atoms with Gasteiger partial charge < -0.3 is 0 Å². The van der Waals surface area contributed by atoms with Crippen LogP contribution in [-0.2, 0) is 4.74 Å². The van der Waals surface area contributed by atoms with E-state index in [2.05, 4.69) is 32.9 Å². The van der Waals surface area contributed by atoms with Gasteiger partial charge in [0.15, 0.2) is 0 Å². The van der Waals surface area contributed by atoms with E-state index in [0.29, 0.717) is 28.3 Å². The number of halogens is 3. The average Bonchev–Trinajstić information content (AvgIpc) is 3.50. The Hall–Kier alpha value is -4.08. The van der Waals surface area contributed by atoms with Crippen LogP contribution in [0.4, 0.5) is 29.5 Å². The Bertz CT molecular complexity index is 1680. The molecular weight excluding hydrogens is 668 g/mol. The molecule has 0 unspecified atom stereocenters. The molecule has 3 N–H and O–H groups in total. The number of pyridine rings is 1. The maximum atomic E-state index is 13.8. The first kappa shape index (κ1) is 33.3. The number of piperidine rings is 1. The van der Waals surface area contributed by atoms with Crippen LogP contribution in [0.15, 0.2) is 36.4 Å². The normalized spacial score (nSPS) is 19.3. The molecular formula is C32H37F3N6O4Se. The number of nitrogens with zero attached hydrogens (tertiary/aromatic N) is 3. The van der Waals surface area contributed by atoms with E-state index in [-0.39, 0.29) is 46.8 Å². The summed E-state index contributed by atoms with van der Waals surface area (Å²) < 4.78 is 53.9. The summed E-state index contributed by atoms with van der Waals surface area (Å²) in [6.45, 7) is 5.58. The van der Waals surface area contributed by atoms with Crippen molar-refractivity contribution in [1.29, 1.82) is 0 Å². The van der Waals surface area contributed by atoms with Crippen LogP contribution < -0.4 is 25.1 Å². The number of amides is 2. The number of alkyl halides is 3. The number of methoxy groups -OCH3 is 1. The van der Waals surface area contributed by atoms with E-state index in [4.69, 9.17) is 9.47 Å². The van der Waals surface area contributed by atoms with Gasteiger partial charge in [-0.15, -0.1) is 0 Å². The Morgan fingerprint density at radius 2 is 1.87 bits per heavy atom. The molecule has 2 aromatic heterocycles. The number of benzene rings is 1. The van der Waals surface area contributed by atoms with Crippen LogP contribution in [0.3, 0.4) is 0 Å². The number of nitrogens with one attached hydrogen (secondary N) is 3.